The van der Waals surface area contributed by atoms with Gasteiger partial charge in [0.15, 0.2) is 0 Å². The van der Waals surface area contributed by atoms with Gasteiger partial charge in [0.2, 0.25) is 0 Å². The summed E-state index contributed by atoms with van der Waals surface area (Å²) >= 11 is 0. The van der Waals surface area contributed by atoms with E-state index in [2.05, 4.69) is 41.1 Å². The third-order valence-electron chi connectivity index (χ3n) is 5.68. The minimum atomic E-state index is 0.0369. The van der Waals surface area contributed by atoms with Crippen molar-refractivity contribution in [2.24, 2.45) is 5.92 Å². The third kappa shape index (κ3) is 4.09. The lowest BCUT2D eigenvalue weighted by molar-refractivity contribution is 0.166. The molecule has 5 nitrogen and oxygen atoms in total. The molecule has 0 aliphatic carbocycles. The second-order valence-electron chi connectivity index (χ2n) is 7.79. The van der Waals surface area contributed by atoms with Crippen LogP contribution in [0.5, 0.6) is 5.75 Å². The number of nitrogens with zero attached hydrogens (tertiary/aromatic N) is 3. The molecule has 0 atom stereocenters. The van der Waals surface area contributed by atoms with Crippen molar-refractivity contribution in [2.75, 3.05) is 20.2 Å². The predicted octanol–water partition coefficient (Wildman–Crippen LogP) is 3.63. The number of hydrogen-bond acceptors (Lipinski definition) is 4. The maximum atomic E-state index is 12.8. The van der Waals surface area contributed by atoms with Gasteiger partial charge in [-0.25, -0.2) is 4.98 Å². The molecule has 4 rings (SSSR count). The molecule has 0 amide bonds. The van der Waals surface area contributed by atoms with Crippen molar-refractivity contribution in [1.82, 2.24) is 14.5 Å². The lowest BCUT2D eigenvalue weighted by Crippen LogP contribution is -2.36. The average Bonchev–Trinajstić information content (AvgIpc) is 2.71. The van der Waals surface area contributed by atoms with Gasteiger partial charge in [-0.05, 0) is 56.5 Å². The lowest BCUT2D eigenvalue weighted by atomic mass is 9.96. The molecule has 3 aromatic rings. The first kappa shape index (κ1) is 18.7. The molecule has 0 bridgehead atoms. The van der Waals surface area contributed by atoms with Crippen molar-refractivity contribution >= 4 is 10.9 Å². The normalized spacial score (nSPS) is 15.8. The van der Waals surface area contributed by atoms with E-state index in [9.17, 15) is 4.79 Å². The van der Waals surface area contributed by atoms with Gasteiger partial charge in [-0.15, -0.1) is 0 Å². The van der Waals surface area contributed by atoms with Gasteiger partial charge in [0.05, 0.1) is 24.3 Å². The monoisotopic (exact) mass is 377 g/mol. The minimum Gasteiger partial charge on any atom is -0.497 e. The number of piperidine rings is 1. The molecule has 0 unspecified atom stereocenters. The van der Waals surface area contributed by atoms with Gasteiger partial charge >= 0.3 is 0 Å². The van der Waals surface area contributed by atoms with Crippen LogP contribution in [0.2, 0.25) is 0 Å². The molecule has 2 heterocycles. The standard InChI is InChI=1S/C23H27N3O2/c1-17-4-3-5-19(12-17)14-25-10-8-18(9-11-25)15-26-16-24-22-13-20(28-2)6-7-21(22)23(26)27/h3-7,12-13,16,18H,8-11,14-15H2,1-2H3. The Kier molecular flexibility index (Phi) is 5.44. The highest BCUT2D eigenvalue weighted by atomic mass is 16.5. The molecule has 0 N–H and O–H groups in total. The number of aromatic nitrogens is 2. The number of ether oxygens (including phenoxy) is 1. The molecule has 1 aliphatic heterocycles. The Morgan fingerprint density at radius 3 is 2.71 bits per heavy atom. The summed E-state index contributed by atoms with van der Waals surface area (Å²) in [5, 5.41) is 0.653. The van der Waals surface area contributed by atoms with Gasteiger partial charge in [0.25, 0.3) is 5.56 Å². The summed E-state index contributed by atoms with van der Waals surface area (Å²) in [7, 11) is 1.62. The molecule has 1 fully saturated rings. The van der Waals surface area contributed by atoms with Crippen molar-refractivity contribution in [1.29, 1.82) is 0 Å². The molecule has 1 saturated heterocycles. The summed E-state index contributed by atoms with van der Waals surface area (Å²) in [5.74, 6) is 1.24. The fourth-order valence-electron chi connectivity index (χ4n) is 4.07. The molecule has 2 aromatic carbocycles. The fourth-order valence-corrected chi connectivity index (χ4v) is 4.07. The van der Waals surface area contributed by atoms with Crippen LogP contribution in [0, 0.1) is 12.8 Å². The molecule has 28 heavy (non-hydrogen) atoms. The first-order valence-corrected chi connectivity index (χ1v) is 9.93. The molecule has 0 saturated carbocycles. The van der Waals surface area contributed by atoms with Crippen LogP contribution in [0.1, 0.15) is 24.0 Å². The van der Waals surface area contributed by atoms with E-state index in [0.717, 1.165) is 44.8 Å². The summed E-state index contributed by atoms with van der Waals surface area (Å²) in [4.78, 5) is 19.8. The van der Waals surface area contributed by atoms with Crippen LogP contribution in [-0.2, 0) is 13.1 Å². The Labute approximate surface area is 165 Å². The second-order valence-corrected chi connectivity index (χ2v) is 7.79. The van der Waals surface area contributed by atoms with Crippen LogP contribution in [0.15, 0.2) is 53.6 Å². The van der Waals surface area contributed by atoms with E-state index >= 15 is 0 Å². The molecule has 0 radical (unpaired) electrons. The van der Waals surface area contributed by atoms with E-state index in [0.29, 0.717) is 16.8 Å². The highest BCUT2D eigenvalue weighted by molar-refractivity contribution is 5.78. The number of likely N-dealkylation sites (tertiary alicyclic amines) is 1. The van der Waals surface area contributed by atoms with Gasteiger partial charge in [0, 0.05) is 19.2 Å². The number of fused-ring (bicyclic) bond motifs is 1. The van der Waals surface area contributed by atoms with E-state index < -0.39 is 0 Å². The van der Waals surface area contributed by atoms with Crippen molar-refractivity contribution < 1.29 is 4.74 Å². The molecule has 5 heteroatoms. The zero-order valence-corrected chi connectivity index (χ0v) is 16.6. The molecular formula is C23H27N3O2. The number of rotatable bonds is 5. The molecule has 146 valence electrons. The van der Waals surface area contributed by atoms with Crippen LogP contribution < -0.4 is 10.3 Å². The number of benzene rings is 2. The van der Waals surface area contributed by atoms with Gasteiger partial charge in [0.1, 0.15) is 5.75 Å². The van der Waals surface area contributed by atoms with Gasteiger partial charge < -0.3 is 4.74 Å². The Balaban J connectivity index is 1.39. The Bertz CT molecular complexity index is 1020. The van der Waals surface area contributed by atoms with E-state index in [1.807, 2.05) is 18.2 Å². The zero-order valence-electron chi connectivity index (χ0n) is 16.6. The highest BCUT2D eigenvalue weighted by Gasteiger charge is 2.20. The molecule has 1 aromatic heterocycles. The highest BCUT2D eigenvalue weighted by Crippen LogP contribution is 2.21. The zero-order chi connectivity index (χ0) is 19.5. The van der Waals surface area contributed by atoms with Crippen LogP contribution in [0.3, 0.4) is 0 Å². The van der Waals surface area contributed by atoms with Crippen LogP contribution in [-0.4, -0.2) is 34.7 Å². The predicted molar refractivity (Wildman–Crippen MR) is 112 cm³/mol. The maximum Gasteiger partial charge on any atom is 0.261 e. The first-order valence-electron chi connectivity index (χ1n) is 9.93. The quantitative estimate of drug-likeness (QED) is 0.681. The molecule has 1 aliphatic rings. The number of methoxy groups -OCH3 is 1. The van der Waals surface area contributed by atoms with Crippen molar-refractivity contribution in [3.63, 3.8) is 0 Å². The van der Waals surface area contributed by atoms with Gasteiger partial charge in [-0.1, -0.05) is 29.8 Å². The summed E-state index contributed by atoms with van der Waals surface area (Å²) in [6.07, 6.45) is 3.90. The summed E-state index contributed by atoms with van der Waals surface area (Å²) in [6, 6.07) is 14.2. The van der Waals surface area contributed by atoms with Gasteiger partial charge in [-0.2, -0.15) is 0 Å². The Morgan fingerprint density at radius 1 is 1.14 bits per heavy atom. The second kappa shape index (κ2) is 8.15. The maximum absolute atomic E-state index is 12.8. The minimum absolute atomic E-state index is 0.0369. The number of aryl methyl sites for hydroxylation is 1. The SMILES string of the molecule is COc1ccc2c(=O)n(CC3CCN(Cc4cccc(C)c4)CC3)cnc2c1. The van der Waals surface area contributed by atoms with Crippen molar-refractivity contribution in [3.8, 4) is 5.75 Å². The smallest absolute Gasteiger partial charge is 0.261 e. The average molecular weight is 377 g/mol. The van der Waals surface area contributed by atoms with Crippen LogP contribution >= 0.6 is 0 Å². The Hall–Kier alpha value is -2.66. The van der Waals surface area contributed by atoms with E-state index in [1.54, 1.807) is 18.0 Å². The topological polar surface area (TPSA) is 47.4 Å². The fraction of sp³-hybridized carbons (Fsp3) is 0.391. The first-order chi connectivity index (χ1) is 13.6. The van der Waals surface area contributed by atoms with Crippen LogP contribution in [0.4, 0.5) is 0 Å². The summed E-state index contributed by atoms with van der Waals surface area (Å²) in [6.45, 7) is 6.04. The third-order valence-corrected chi connectivity index (χ3v) is 5.68. The van der Waals surface area contributed by atoms with Crippen molar-refractivity contribution in [3.05, 3.63) is 70.3 Å². The van der Waals surface area contributed by atoms with Crippen molar-refractivity contribution in [2.45, 2.75) is 32.9 Å². The molecular weight excluding hydrogens is 350 g/mol. The van der Waals surface area contributed by atoms with E-state index in [1.165, 1.54) is 11.1 Å². The summed E-state index contributed by atoms with van der Waals surface area (Å²) < 4.78 is 6.99. The number of hydrogen-bond donors (Lipinski definition) is 0. The largest absolute Gasteiger partial charge is 0.497 e. The van der Waals surface area contributed by atoms with Gasteiger partial charge in [-0.3, -0.25) is 14.3 Å². The Morgan fingerprint density at radius 2 is 1.96 bits per heavy atom. The van der Waals surface area contributed by atoms with E-state index in [4.69, 9.17) is 4.74 Å². The summed E-state index contributed by atoms with van der Waals surface area (Å²) in [5.41, 5.74) is 3.42. The van der Waals surface area contributed by atoms with Crippen LogP contribution in [0.25, 0.3) is 10.9 Å². The lowest BCUT2D eigenvalue weighted by Gasteiger charge is -2.32. The van der Waals surface area contributed by atoms with E-state index in [-0.39, 0.29) is 5.56 Å². The molecule has 0 spiro atoms.